The van der Waals surface area contributed by atoms with Crippen LogP contribution in [0.3, 0.4) is 0 Å². The summed E-state index contributed by atoms with van der Waals surface area (Å²) in [7, 11) is 1.74. The molecule has 2 heterocycles. The quantitative estimate of drug-likeness (QED) is 0.467. The lowest BCUT2D eigenvalue weighted by Crippen LogP contribution is -2.19. The third kappa shape index (κ3) is 4.22. The molecule has 3 rings (SSSR count). The highest BCUT2D eigenvalue weighted by Gasteiger charge is 2.18. The minimum atomic E-state index is -0.874. The van der Waals surface area contributed by atoms with Crippen molar-refractivity contribution in [2.45, 2.75) is 25.8 Å². The molecule has 0 saturated carbocycles. The number of anilines is 1. The highest BCUT2D eigenvalue weighted by molar-refractivity contribution is 5.66. The van der Waals surface area contributed by atoms with Gasteiger partial charge in [0.2, 0.25) is 5.65 Å². The maximum Gasteiger partial charge on any atom is 0.333 e. The maximum atomic E-state index is 13.7. The Balaban J connectivity index is 1.84. The summed E-state index contributed by atoms with van der Waals surface area (Å²) >= 11 is 0. The van der Waals surface area contributed by atoms with Gasteiger partial charge in [0, 0.05) is 26.2 Å². The van der Waals surface area contributed by atoms with Crippen LogP contribution in [0.4, 0.5) is 15.9 Å². The van der Waals surface area contributed by atoms with Crippen LogP contribution in [-0.4, -0.2) is 37.6 Å². The van der Waals surface area contributed by atoms with E-state index in [1.54, 1.807) is 30.3 Å². The molecule has 0 unspecified atom stereocenters. The average molecular weight is 387 g/mol. The predicted octanol–water partition coefficient (Wildman–Crippen LogP) is 2.82. The molecule has 3 aromatic rings. The Hall–Kier alpha value is -3.56. The van der Waals surface area contributed by atoms with Crippen molar-refractivity contribution >= 4 is 23.1 Å². The van der Waals surface area contributed by atoms with Crippen LogP contribution in [0.1, 0.15) is 24.0 Å². The molecule has 0 radical (unpaired) electrons. The SMILES string of the molecule is CN(Cc1cc(F)ccc1CCCC(=O)O)c1ccn2ncc([N+](=O)[O-])c2n1. The molecule has 0 spiro atoms. The number of aromatic nitrogens is 3. The van der Waals surface area contributed by atoms with Crippen LogP contribution in [0, 0.1) is 15.9 Å². The Morgan fingerprint density at radius 2 is 2.14 bits per heavy atom. The number of carboxylic acids is 1. The van der Waals surface area contributed by atoms with Crippen molar-refractivity contribution < 1.29 is 19.2 Å². The first-order valence-corrected chi connectivity index (χ1v) is 8.54. The molecule has 9 nitrogen and oxygen atoms in total. The minimum Gasteiger partial charge on any atom is -0.481 e. The van der Waals surface area contributed by atoms with Crippen molar-refractivity contribution in [2.24, 2.45) is 0 Å². The topological polar surface area (TPSA) is 114 Å². The van der Waals surface area contributed by atoms with Gasteiger partial charge in [-0.25, -0.2) is 13.9 Å². The highest BCUT2D eigenvalue weighted by Crippen LogP contribution is 2.22. The molecule has 0 saturated heterocycles. The number of aryl methyl sites for hydroxylation is 1. The zero-order valence-electron chi connectivity index (χ0n) is 15.1. The number of rotatable bonds is 8. The zero-order chi connectivity index (χ0) is 20.3. The Morgan fingerprint density at radius 1 is 1.36 bits per heavy atom. The summed E-state index contributed by atoms with van der Waals surface area (Å²) in [5.41, 5.74) is 1.48. The van der Waals surface area contributed by atoms with E-state index in [4.69, 9.17) is 5.11 Å². The van der Waals surface area contributed by atoms with Gasteiger partial charge in [-0.2, -0.15) is 5.10 Å². The Morgan fingerprint density at radius 3 is 2.86 bits per heavy atom. The van der Waals surface area contributed by atoms with Gasteiger partial charge in [0.05, 0.1) is 4.92 Å². The van der Waals surface area contributed by atoms with E-state index in [1.165, 1.54) is 16.6 Å². The first kappa shape index (κ1) is 19.2. The van der Waals surface area contributed by atoms with Crippen molar-refractivity contribution in [1.29, 1.82) is 0 Å². The van der Waals surface area contributed by atoms with Crippen LogP contribution in [0.25, 0.3) is 5.65 Å². The predicted molar refractivity (Wildman–Crippen MR) is 98.7 cm³/mol. The van der Waals surface area contributed by atoms with Gasteiger partial charge in [0.15, 0.2) is 0 Å². The summed E-state index contributed by atoms with van der Waals surface area (Å²) in [5.74, 6) is -0.794. The summed E-state index contributed by atoms with van der Waals surface area (Å²) < 4.78 is 15.1. The largest absolute Gasteiger partial charge is 0.481 e. The van der Waals surface area contributed by atoms with Crippen LogP contribution in [0.5, 0.6) is 0 Å². The fraction of sp³-hybridized carbons (Fsp3) is 0.278. The molecule has 0 fully saturated rings. The fourth-order valence-electron chi connectivity index (χ4n) is 2.94. The molecule has 0 aliphatic carbocycles. The van der Waals surface area contributed by atoms with Gasteiger partial charge in [-0.05, 0) is 42.2 Å². The van der Waals surface area contributed by atoms with Crippen molar-refractivity contribution in [2.75, 3.05) is 11.9 Å². The van der Waals surface area contributed by atoms with Gasteiger partial charge < -0.3 is 10.0 Å². The third-order valence-corrected chi connectivity index (χ3v) is 4.34. The molecule has 2 aromatic heterocycles. The second-order valence-corrected chi connectivity index (χ2v) is 6.36. The summed E-state index contributed by atoms with van der Waals surface area (Å²) in [6.07, 6.45) is 3.70. The molecular formula is C18H18FN5O4. The van der Waals surface area contributed by atoms with E-state index in [1.807, 2.05) is 0 Å². The van der Waals surface area contributed by atoms with E-state index < -0.39 is 10.9 Å². The lowest BCUT2D eigenvalue weighted by Gasteiger charge is -2.20. The standard InChI is InChI=1S/C18H18FN5O4/c1-22(16-7-8-23-18(21-16)15(10-20-23)24(27)28)11-13-9-14(19)6-5-12(13)3-2-4-17(25)26/h5-10H,2-4,11H2,1H3,(H,25,26). The molecular weight excluding hydrogens is 369 g/mol. The second-order valence-electron chi connectivity index (χ2n) is 6.36. The van der Waals surface area contributed by atoms with E-state index in [0.717, 1.165) is 11.8 Å². The van der Waals surface area contributed by atoms with Gasteiger partial charge in [-0.15, -0.1) is 0 Å². The lowest BCUT2D eigenvalue weighted by atomic mass is 10.0. The Labute approximate surface area is 159 Å². The number of hydrogen-bond donors (Lipinski definition) is 1. The monoisotopic (exact) mass is 387 g/mol. The number of halogens is 1. The normalized spacial score (nSPS) is 10.9. The van der Waals surface area contributed by atoms with E-state index in [2.05, 4.69) is 10.1 Å². The number of nitrogens with zero attached hydrogens (tertiary/aromatic N) is 5. The Kier molecular flexibility index (Phi) is 5.48. The number of hydrogen-bond acceptors (Lipinski definition) is 6. The van der Waals surface area contributed by atoms with Crippen molar-refractivity contribution in [1.82, 2.24) is 14.6 Å². The molecule has 1 aromatic carbocycles. The summed E-state index contributed by atoms with van der Waals surface area (Å²) in [6, 6.07) is 6.07. The minimum absolute atomic E-state index is 0.0375. The number of nitro groups is 1. The van der Waals surface area contributed by atoms with E-state index in [-0.39, 0.29) is 23.6 Å². The van der Waals surface area contributed by atoms with Crippen molar-refractivity contribution in [3.8, 4) is 0 Å². The molecule has 0 aliphatic rings. The van der Waals surface area contributed by atoms with Gasteiger partial charge in [0.1, 0.15) is 17.8 Å². The molecule has 0 aliphatic heterocycles. The summed E-state index contributed by atoms with van der Waals surface area (Å²) in [6.45, 7) is 0.311. The first-order valence-electron chi connectivity index (χ1n) is 8.54. The lowest BCUT2D eigenvalue weighted by molar-refractivity contribution is -0.383. The molecule has 0 amide bonds. The maximum absolute atomic E-state index is 13.7. The van der Waals surface area contributed by atoms with Gasteiger partial charge in [-0.1, -0.05) is 6.07 Å². The van der Waals surface area contributed by atoms with Crippen molar-refractivity contribution in [3.05, 3.63) is 63.7 Å². The van der Waals surface area contributed by atoms with Gasteiger partial charge in [0.25, 0.3) is 0 Å². The third-order valence-electron chi connectivity index (χ3n) is 4.34. The van der Waals surface area contributed by atoms with Crippen LogP contribution in [0.15, 0.2) is 36.7 Å². The summed E-state index contributed by atoms with van der Waals surface area (Å²) in [5, 5.41) is 23.8. The number of aliphatic carboxylic acids is 1. The first-order chi connectivity index (χ1) is 13.3. The molecule has 146 valence electrons. The fourth-order valence-corrected chi connectivity index (χ4v) is 2.94. The number of fused-ring (bicyclic) bond motifs is 1. The highest BCUT2D eigenvalue weighted by atomic mass is 19.1. The molecule has 0 bridgehead atoms. The molecule has 28 heavy (non-hydrogen) atoms. The van der Waals surface area contributed by atoms with Gasteiger partial charge in [-0.3, -0.25) is 14.9 Å². The van der Waals surface area contributed by atoms with E-state index in [0.29, 0.717) is 30.8 Å². The van der Waals surface area contributed by atoms with E-state index >= 15 is 0 Å². The second kappa shape index (κ2) is 7.99. The van der Waals surface area contributed by atoms with Gasteiger partial charge >= 0.3 is 11.7 Å². The van der Waals surface area contributed by atoms with Crippen LogP contribution < -0.4 is 4.90 Å². The van der Waals surface area contributed by atoms with E-state index in [9.17, 15) is 19.3 Å². The molecule has 10 heteroatoms. The summed E-state index contributed by atoms with van der Waals surface area (Å²) in [4.78, 5) is 27.3. The number of carboxylic acid groups (broad SMARTS) is 1. The average Bonchev–Trinajstić information content (AvgIpc) is 3.06. The Bertz CT molecular complexity index is 1040. The number of benzene rings is 1. The van der Waals surface area contributed by atoms with Crippen LogP contribution in [0.2, 0.25) is 0 Å². The smallest absolute Gasteiger partial charge is 0.333 e. The molecule has 1 N–H and O–H groups in total. The van der Waals surface area contributed by atoms with Crippen LogP contribution in [-0.2, 0) is 17.8 Å². The molecule has 0 atom stereocenters. The van der Waals surface area contributed by atoms with Crippen LogP contribution >= 0.6 is 0 Å². The van der Waals surface area contributed by atoms with Crippen molar-refractivity contribution in [3.63, 3.8) is 0 Å². The zero-order valence-corrected chi connectivity index (χ0v) is 15.1. The number of carbonyl (C=O) groups is 1.